The smallest absolute Gasteiger partial charge is 0.0331 e. The van der Waals surface area contributed by atoms with Crippen molar-refractivity contribution in [2.24, 2.45) is 5.92 Å². The van der Waals surface area contributed by atoms with Crippen molar-refractivity contribution in [1.29, 1.82) is 0 Å². The SMILES string of the molecule is CCC(C)(C(CCC1CC1)NC)N1CCCCC1. The molecule has 2 heteroatoms. The monoisotopic (exact) mass is 252 g/mol. The van der Waals surface area contributed by atoms with Crippen molar-refractivity contribution in [3.63, 3.8) is 0 Å². The molecule has 2 fully saturated rings. The lowest BCUT2D eigenvalue weighted by Gasteiger charge is -2.48. The van der Waals surface area contributed by atoms with E-state index in [9.17, 15) is 0 Å². The van der Waals surface area contributed by atoms with Crippen LogP contribution in [0.2, 0.25) is 0 Å². The molecule has 0 aromatic carbocycles. The molecule has 18 heavy (non-hydrogen) atoms. The molecule has 1 heterocycles. The predicted molar refractivity (Wildman–Crippen MR) is 78.9 cm³/mol. The summed E-state index contributed by atoms with van der Waals surface area (Å²) in [5.41, 5.74) is 0.365. The summed E-state index contributed by atoms with van der Waals surface area (Å²) in [6, 6.07) is 0.668. The normalized spacial score (nSPS) is 26.8. The fourth-order valence-corrected chi connectivity index (χ4v) is 3.67. The lowest BCUT2D eigenvalue weighted by atomic mass is 9.83. The first-order chi connectivity index (χ1) is 8.70. The van der Waals surface area contributed by atoms with E-state index in [4.69, 9.17) is 0 Å². The van der Waals surface area contributed by atoms with Crippen molar-refractivity contribution in [2.75, 3.05) is 20.1 Å². The van der Waals surface area contributed by atoms with E-state index >= 15 is 0 Å². The molecule has 0 aromatic heterocycles. The lowest BCUT2D eigenvalue weighted by Crippen LogP contribution is -2.59. The molecule has 1 N–H and O–H groups in total. The van der Waals surface area contributed by atoms with Crippen molar-refractivity contribution in [2.45, 2.75) is 76.8 Å². The Morgan fingerprint density at radius 3 is 2.39 bits per heavy atom. The van der Waals surface area contributed by atoms with Crippen molar-refractivity contribution >= 4 is 0 Å². The van der Waals surface area contributed by atoms with Gasteiger partial charge in [0.25, 0.3) is 0 Å². The van der Waals surface area contributed by atoms with E-state index in [1.54, 1.807) is 0 Å². The topological polar surface area (TPSA) is 15.3 Å². The van der Waals surface area contributed by atoms with Crippen LogP contribution in [0.3, 0.4) is 0 Å². The number of hydrogen-bond donors (Lipinski definition) is 1. The number of likely N-dealkylation sites (tertiary alicyclic amines) is 1. The lowest BCUT2D eigenvalue weighted by molar-refractivity contribution is 0.0415. The molecule has 0 aromatic rings. The molecule has 0 radical (unpaired) electrons. The van der Waals surface area contributed by atoms with E-state index in [0.717, 1.165) is 5.92 Å². The second-order valence-corrected chi connectivity index (χ2v) is 6.62. The number of piperidine rings is 1. The van der Waals surface area contributed by atoms with E-state index in [2.05, 4.69) is 31.1 Å². The third-order valence-electron chi connectivity index (χ3n) is 5.45. The maximum atomic E-state index is 3.63. The maximum absolute atomic E-state index is 3.63. The Balaban J connectivity index is 1.96. The average Bonchev–Trinajstić information content (AvgIpc) is 3.24. The summed E-state index contributed by atoms with van der Waals surface area (Å²) >= 11 is 0. The van der Waals surface area contributed by atoms with E-state index in [1.807, 2.05) is 0 Å². The molecule has 2 aliphatic rings. The zero-order valence-electron chi connectivity index (χ0n) is 12.7. The molecule has 1 aliphatic heterocycles. The largest absolute Gasteiger partial charge is 0.315 e. The first-order valence-electron chi connectivity index (χ1n) is 8.13. The highest BCUT2D eigenvalue weighted by Crippen LogP contribution is 2.36. The summed E-state index contributed by atoms with van der Waals surface area (Å²) in [5, 5.41) is 3.63. The molecular weight excluding hydrogens is 220 g/mol. The van der Waals surface area contributed by atoms with Gasteiger partial charge < -0.3 is 5.32 Å². The quantitative estimate of drug-likeness (QED) is 0.747. The number of rotatable bonds is 7. The first kappa shape index (κ1) is 14.3. The molecular formula is C16H32N2. The summed E-state index contributed by atoms with van der Waals surface area (Å²) in [6.45, 7) is 7.49. The summed E-state index contributed by atoms with van der Waals surface area (Å²) in [4.78, 5) is 2.77. The molecule has 2 nitrogen and oxygen atoms in total. The van der Waals surface area contributed by atoms with Crippen molar-refractivity contribution in [3.8, 4) is 0 Å². The van der Waals surface area contributed by atoms with Crippen LogP contribution >= 0.6 is 0 Å². The second kappa shape index (κ2) is 6.38. The molecule has 106 valence electrons. The Bertz CT molecular complexity index is 243. The molecule has 2 rings (SSSR count). The Kier molecular flexibility index (Phi) is 5.08. The Morgan fingerprint density at radius 2 is 1.89 bits per heavy atom. The number of likely N-dealkylation sites (N-methyl/N-ethyl adjacent to an activating group) is 1. The van der Waals surface area contributed by atoms with E-state index in [0.29, 0.717) is 11.6 Å². The van der Waals surface area contributed by atoms with Gasteiger partial charge in [0.1, 0.15) is 0 Å². The molecule has 1 saturated heterocycles. The summed E-state index contributed by atoms with van der Waals surface area (Å²) in [6.07, 6.45) is 11.3. The van der Waals surface area contributed by atoms with Gasteiger partial charge >= 0.3 is 0 Å². The van der Waals surface area contributed by atoms with Gasteiger partial charge in [-0.05, 0) is 65.1 Å². The van der Waals surface area contributed by atoms with Gasteiger partial charge in [0.2, 0.25) is 0 Å². The molecule has 1 saturated carbocycles. The van der Waals surface area contributed by atoms with Gasteiger partial charge in [-0.15, -0.1) is 0 Å². The number of nitrogens with one attached hydrogen (secondary N) is 1. The number of hydrogen-bond acceptors (Lipinski definition) is 2. The van der Waals surface area contributed by atoms with Crippen LogP contribution in [0.1, 0.15) is 65.2 Å². The van der Waals surface area contributed by atoms with Crippen molar-refractivity contribution in [3.05, 3.63) is 0 Å². The van der Waals surface area contributed by atoms with Gasteiger partial charge in [0.15, 0.2) is 0 Å². The molecule has 2 atom stereocenters. The van der Waals surface area contributed by atoms with Crippen LogP contribution in [0.25, 0.3) is 0 Å². The summed E-state index contributed by atoms with van der Waals surface area (Å²) in [7, 11) is 2.16. The summed E-state index contributed by atoms with van der Waals surface area (Å²) < 4.78 is 0. The minimum atomic E-state index is 0.365. The van der Waals surface area contributed by atoms with Gasteiger partial charge in [-0.2, -0.15) is 0 Å². The fourth-order valence-electron chi connectivity index (χ4n) is 3.67. The van der Waals surface area contributed by atoms with Gasteiger partial charge in [0, 0.05) is 11.6 Å². The van der Waals surface area contributed by atoms with Crippen LogP contribution < -0.4 is 5.32 Å². The first-order valence-corrected chi connectivity index (χ1v) is 8.13. The van der Waals surface area contributed by atoms with Crippen LogP contribution in [0.5, 0.6) is 0 Å². The highest BCUT2D eigenvalue weighted by molar-refractivity contribution is 4.97. The molecule has 2 unspecified atom stereocenters. The highest BCUT2D eigenvalue weighted by atomic mass is 15.2. The Morgan fingerprint density at radius 1 is 1.22 bits per heavy atom. The Labute approximate surface area is 114 Å². The van der Waals surface area contributed by atoms with E-state index in [1.165, 1.54) is 64.5 Å². The zero-order chi connectivity index (χ0) is 13.0. The maximum Gasteiger partial charge on any atom is 0.0331 e. The van der Waals surface area contributed by atoms with Crippen molar-refractivity contribution in [1.82, 2.24) is 10.2 Å². The molecule has 0 bridgehead atoms. The van der Waals surface area contributed by atoms with Crippen LogP contribution in [0.4, 0.5) is 0 Å². The second-order valence-electron chi connectivity index (χ2n) is 6.62. The van der Waals surface area contributed by atoms with Crippen LogP contribution in [0.15, 0.2) is 0 Å². The third kappa shape index (κ3) is 3.27. The van der Waals surface area contributed by atoms with Crippen LogP contribution in [0, 0.1) is 5.92 Å². The average molecular weight is 252 g/mol. The highest BCUT2D eigenvalue weighted by Gasteiger charge is 2.38. The van der Waals surface area contributed by atoms with Gasteiger partial charge in [0.05, 0.1) is 0 Å². The van der Waals surface area contributed by atoms with E-state index < -0.39 is 0 Å². The van der Waals surface area contributed by atoms with Gasteiger partial charge in [-0.1, -0.05) is 26.2 Å². The Hall–Kier alpha value is -0.0800. The van der Waals surface area contributed by atoms with Crippen molar-refractivity contribution < 1.29 is 0 Å². The third-order valence-corrected chi connectivity index (χ3v) is 5.45. The van der Waals surface area contributed by atoms with Gasteiger partial charge in [-0.3, -0.25) is 4.90 Å². The minimum absolute atomic E-state index is 0.365. The predicted octanol–water partition coefficient (Wildman–Crippen LogP) is 3.42. The van der Waals surface area contributed by atoms with Gasteiger partial charge in [-0.25, -0.2) is 0 Å². The molecule has 0 spiro atoms. The van der Waals surface area contributed by atoms with Crippen LogP contribution in [-0.4, -0.2) is 36.6 Å². The summed E-state index contributed by atoms with van der Waals surface area (Å²) in [5.74, 6) is 1.06. The van der Waals surface area contributed by atoms with Crippen LogP contribution in [-0.2, 0) is 0 Å². The molecule has 0 amide bonds. The minimum Gasteiger partial charge on any atom is -0.315 e. The zero-order valence-corrected chi connectivity index (χ0v) is 12.7. The van der Waals surface area contributed by atoms with E-state index in [-0.39, 0.29) is 0 Å². The standard InChI is InChI=1S/C16H32N2/c1-4-16(2,18-12-6-5-7-13-18)15(17-3)11-10-14-8-9-14/h14-15,17H,4-13H2,1-3H3. The number of nitrogens with zero attached hydrogens (tertiary/aromatic N) is 1. The molecule has 1 aliphatic carbocycles. The fraction of sp³-hybridized carbons (Fsp3) is 1.00.